The number of hydrogen-bond donors (Lipinski definition) is 15. The van der Waals surface area contributed by atoms with E-state index in [0.29, 0.717) is 124 Å². The van der Waals surface area contributed by atoms with E-state index in [9.17, 15) is 38.9 Å². The third-order valence-corrected chi connectivity index (χ3v) is 18.2. The first-order chi connectivity index (χ1) is 58.7. The molecule has 0 saturated heterocycles. The highest BCUT2D eigenvalue weighted by Gasteiger charge is 2.31. The van der Waals surface area contributed by atoms with Gasteiger partial charge in [0.1, 0.15) is 104 Å². The monoisotopic (exact) mass is 1620 g/mol. The minimum atomic E-state index is -2.67. The quantitative estimate of drug-likeness (QED) is 0.0197. The lowest BCUT2D eigenvalue weighted by atomic mass is 9.89. The molecule has 40 nitrogen and oxygen atoms in total. The fraction of sp³-hybridized carbons (Fsp3) is 0.368. The molecule has 2 saturated carbocycles. The van der Waals surface area contributed by atoms with Crippen molar-refractivity contribution in [3.8, 4) is 23.5 Å². The zero-order valence-electron chi connectivity index (χ0n) is 71.5. The van der Waals surface area contributed by atoms with Crippen molar-refractivity contribution in [3.05, 3.63) is 144 Å². The van der Waals surface area contributed by atoms with Crippen LogP contribution in [-0.2, 0) is 4.74 Å². The van der Waals surface area contributed by atoms with Crippen molar-refractivity contribution in [1.82, 2.24) is 99.6 Å². The van der Waals surface area contributed by atoms with E-state index in [1.165, 1.54) is 59.4 Å². The number of aromatic nitrogens is 16. The number of rotatable bonds is 31. The first-order valence-electron chi connectivity index (χ1n) is 39.7. The SMILES string of the molecule is CNc1cc(Nc2cc(F)cnc2OCCOC)nc2c(C(=O)NC3CCC3)cnn12.CNc1cc(Nc2cccnc2OC)nc2c(C(=O)NCC(C)(C)CO)cnn12.[2H]C([2H])([2H])Oc1ncccc1Nc1cc(NC)n2ncc(C(=O)NC3CC(O)C3)c2n1.[2H]C([2H])([2H])Oc1ncccc1Nc1cc(NC)n2ncc(C(=O)NCC(C)(C)CO)c2n1. The van der Waals surface area contributed by atoms with E-state index in [-0.39, 0.29) is 108 Å². The Labute approximate surface area is 678 Å². The molecule has 618 valence electrons. The van der Waals surface area contributed by atoms with Crippen LogP contribution in [0.5, 0.6) is 23.5 Å². The molecule has 2 aliphatic carbocycles. The van der Waals surface area contributed by atoms with Crippen molar-refractivity contribution in [2.75, 3.05) is 139 Å². The van der Waals surface area contributed by atoms with E-state index in [0.717, 1.165) is 25.5 Å². The molecule has 4 amide bonds. The lowest BCUT2D eigenvalue weighted by molar-refractivity contribution is 0.0562. The van der Waals surface area contributed by atoms with Crippen molar-refractivity contribution in [2.45, 2.75) is 78.0 Å². The average Bonchev–Trinajstić information content (AvgIpc) is 1.68. The molecule has 0 spiro atoms. The van der Waals surface area contributed by atoms with Crippen LogP contribution in [0.4, 0.5) is 73.7 Å². The molecular formula is C76H95FN28O12. The summed E-state index contributed by atoms with van der Waals surface area (Å²) in [6.07, 6.45) is 15.0. The third-order valence-electron chi connectivity index (χ3n) is 18.2. The topological polar surface area (TPSA) is 492 Å². The predicted octanol–water partition coefficient (Wildman–Crippen LogP) is 6.86. The maximum atomic E-state index is 13.8. The van der Waals surface area contributed by atoms with Crippen LogP contribution in [0.2, 0.25) is 0 Å². The molecule has 0 aromatic carbocycles. The summed E-state index contributed by atoms with van der Waals surface area (Å²) in [6, 6.07) is 18.2. The molecule has 117 heavy (non-hydrogen) atoms. The molecule has 0 radical (unpaired) electrons. The first kappa shape index (κ1) is 76.0. The van der Waals surface area contributed by atoms with Crippen molar-refractivity contribution in [2.24, 2.45) is 10.8 Å². The Balaban J connectivity index is 0.000000160. The second-order valence-corrected chi connectivity index (χ2v) is 28.0. The number of aliphatic hydroxyl groups excluding tert-OH is 3. The number of anilines is 12. The Morgan fingerprint density at radius 2 is 0.863 bits per heavy atom. The number of pyridine rings is 4. The van der Waals surface area contributed by atoms with Gasteiger partial charge in [0, 0.05) is 133 Å². The number of ether oxygens (including phenoxy) is 5. The van der Waals surface area contributed by atoms with Crippen LogP contribution < -0.4 is 82.7 Å². The van der Waals surface area contributed by atoms with Crippen LogP contribution in [-0.4, -0.2) is 231 Å². The fourth-order valence-corrected chi connectivity index (χ4v) is 11.4. The molecule has 14 rings (SSSR count). The van der Waals surface area contributed by atoms with Crippen molar-refractivity contribution in [1.29, 1.82) is 0 Å². The van der Waals surface area contributed by atoms with Gasteiger partial charge in [-0.2, -0.15) is 38.5 Å². The Bertz CT molecular complexity index is 5710. The number of hydrogen-bond acceptors (Lipinski definition) is 32. The van der Waals surface area contributed by atoms with Gasteiger partial charge in [-0.15, -0.1) is 0 Å². The molecule has 15 N–H and O–H groups in total. The number of fused-ring (bicyclic) bond motifs is 4. The molecule has 2 fully saturated rings. The summed E-state index contributed by atoms with van der Waals surface area (Å²) < 4.78 is 89.5. The molecule has 2 aliphatic rings. The van der Waals surface area contributed by atoms with E-state index in [4.69, 9.17) is 31.9 Å². The summed E-state index contributed by atoms with van der Waals surface area (Å²) in [6.45, 7) is 8.48. The van der Waals surface area contributed by atoms with Gasteiger partial charge >= 0.3 is 0 Å². The van der Waals surface area contributed by atoms with Crippen LogP contribution in [0.15, 0.2) is 116 Å². The van der Waals surface area contributed by atoms with Crippen LogP contribution >= 0.6 is 0 Å². The maximum absolute atomic E-state index is 13.8. The molecule has 0 bridgehead atoms. The number of carbonyl (C=O) groups excluding carboxylic acids is 4. The lowest BCUT2D eigenvalue weighted by Gasteiger charge is -2.31. The van der Waals surface area contributed by atoms with Crippen LogP contribution in [0.25, 0.3) is 22.6 Å². The van der Waals surface area contributed by atoms with Gasteiger partial charge < -0.3 is 103 Å². The standard InChI is InChI=1S/C20H24FN7O3.2C19H25N7O3.C18H21N7O3/c1-22-17-9-16(26-15-8-12(21)10-23-20(15)31-7-6-30-2)27-18-14(11-24-28(17)18)19(29)25-13-4-3-5-13;2*1-19(2,11-27)10-22-17(28)12-9-23-26-15(20-3)8-14(25-16(12)26)24-13-6-5-7-21-18(13)29-4;1-19-15-8-14(23-13-4-3-5-20-18(13)28-2)24-16-12(9-21-25(15)16)17(27)22-10-6-11(26)7-10/h8-11,13,22H,3-7H2,1-2H3,(H,25,29)(H,26,27);2*5-9,20,27H,10-11H2,1-4H3,(H,22,28)(H,24,25);3-5,8-11,19,26H,6-7H2,1-2H3,(H,22,27)(H,23,24)/i;4D3;;2D3. The van der Waals surface area contributed by atoms with Gasteiger partial charge in [-0.3, -0.25) is 19.2 Å². The summed E-state index contributed by atoms with van der Waals surface area (Å²) >= 11 is 0. The normalized spacial score (nSPS) is 14.6. The smallest absolute Gasteiger partial charge is 0.256 e. The van der Waals surface area contributed by atoms with Crippen molar-refractivity contribution in [3.63, 3.8) is 0 Å². The number of nitrogens with zero attached hydrogens (tertiary/aromatic N) is 16. The molecule has 12 aromatic heterocycles. The number of amides is 4. The van der Waals surface area contributed by atoms with Gasteiger partial charge in [0.15, 0.2) is 22.6 Å². The number of carbonyl (C=O) groups is 4. The lowest BCUT2D eigenvalue weighted by Crippen LogP contribution is -2.46. The molecule has 41 heteroatoms. The Morgan fingerprint density at radius 1 is 0.496 bits per heavy atom. The van der Waals surface area contributed by atoms with E-state index in [2.05, 4.69) is 124 Å². The molecule has 12 aromatic rings. The minimum absolute atomic E-state index is 0.0365. The summed E-state index contributed by atoms with van der Waals surface area (Å²) in [5, 5.41) is 80.9. The van der Waals surface area contributed by atoms with Crippen LogP contribution in [0.1, 0.15) is 109 Å². The van der Waals surface area contributed by atoms with E-state index < -0.39 is 30.7 Å². The zero-order chi connectivity index (χ0) is 88.5. The number of methoxy groups -OCH3 is 4. The maximum Gasteiger partial charge on any atom is 0.256 e. The largest absolute Gasteiger partial charge is 0.480 e. The summed E-state index contributed by atoms with van der Waals surface area (Å²) in [5.74, 6) is 2.48. The van der Waals surface area contributed by atoms with Crippen molar-refractivity contribution >= 4 is 116 Å². The van der Waals surface area contributed by atoms with Gasteiger partial charge in [-0.1, -0.05) is 27.7 Å². The van der Waals surface area contributed by atoms with Gasteiger partial charge in [0.05, 0.1) is 73.1 Å². The van der Waals surface area contributed by atoms with Crippen LogP contribution in [0, 0.1) is 16.6 Å². The van der Waals surface area contributed by atoms with Gasteiger partial charge in [-0.25, -0.2) is 44.3 Å². The summed E-state index contributed by atoms with van der Waals surface area (Å²) in [4.78, 5) is 85.0. The zero-order valence-corrected chi connectivity index (χ0v) is 65.5. The first-order valence-corrected chi connectivity index (χ1v) is 36.7. The van der Waals surface area contributed by atoms with Gasteiger partial charge in [-0.05, 0) is 68.5 Å². The third kappa shape index (κ3) is 20.7. The van der Waals surface area contributed by atoms with Crippen LogP contribution in [0.3, 0.4) is 0 Å². The second kappa shape index (κ2) is 38.4. The highest BCUT2D eigenvalue weighted by atomic mass is 19.1. The van der Waals surface area contributed by atoms with E-state index in [1.54, 1.807) is 105 Å². The molecule has 12 heterocycles. The predicted molar refractivity (Wildman–Crippen MR) is 435 cm³/mol. The van der Waals surface area contributed by atoms with Gasteiger partial charge in [0.25, 0.3) is 23.6 Å². The molecule has 0 unspecified atom stereocenters. The Kier molecular flexibility index (Phi) is 25.0. The van der Waals surface area contributed by atoms with Gasteiger partial charge in [0.2, 0.25) is 23.5 Å². The van der Waals surface area contributed by atoms with E-state index in [1.807, 2.05) is 33.8 Å². The highest BCUT2D eigenvalue weighted by molar-refractivity contribution is 6.02. The highest BCUT2D eigenvalue weighted by Crippen LogP contribution is 2.33. The number of nitrogens with one attached hydrogen (secondary N) is 12. The molecular weight excluding hydrogens is 1520 g/mol. The minimum Gasteiger partial charge on any atom is -0.480 e. The average molecular weight is 1620 g/mol. The molecule has 0 atom stereocenters. The molecule has 0 aliphatic heterocycles. The summed E-state index contributed by atoms with van der Waals surface area (Å²) in [7, 11) is 4.65. The fourth-order valence-electron chi connectivity index (χ4n) is 11.4. The summed E-state index contributed by atoms with van der Waals surface area (Å²) in [5.41, 5.74) is 3.17. The Hall–Kier alpha value is -13.7. The number of aliphatic hydroxyl groups is 3. The van der Waals surface area contributed by atoms with Crippen molar-refractivity contribution < 1.29 is 70.8 Å². The number of halogens is 1. The Morgan fingerprint density at radius 3 is 1.20 bits per heavy atom. The van der Waals surface area contributed by atoms with E-state index >= 15 is 0 Å². The second-order valence-electron chi connectivity index (χ2n) is 28.0.